The van der Waals surface area contributed by atoms with Gasteiger partial charge in [0.2, 0.25) is 0 Å². The van der Waals surface area contributed by atoms with Gasteiger partial charge in [-0.15, -0.1) is 0 Å². The summed E-state index contributed by atoms with van der Waals surface area (Å²) in [5.41, 5.74) is 1.90. The van der Waals surface area contributed by atoms with Gasteiger partial charge in [-0.3, -0.25) is 4.79 Å². The zero-order valence-electron chi connectivity index (χ0n) is 12.4. The largest absolute Gasteiger partial charge is 0.481 e. The summed E-state index contributed by atoms with van der Waals surface area (Å²) in [7, 11) is 1.68. The molecule has 0 amide bonds. The van der Waals surface area contributed by atoms with Crippen LogP contribution in [0, 0.1) is 5.92 Å². The Hall–Kier alpha value is -1.53. The fourth-order valence-corrected chi connectivity index (χ4v) is 3.10. The normalized spacial score (nSPS) is 13.0. The Balaban J connectivity index is 2.50. The van der Waals surface area contributed by atoms with E-state index in [9.17, 15) is 4.79 Å². The average Bonchev–Trinajstić information content (AvgIpc) is 2.80. The molecule has 0 saturated carbocycles. The fraction of sp³-hybridized carbons (Fsp3) is 0.467. The Kier molecular flexibility index (Phi) is 5.25. The van der Waals surface area contributed by atoms with Crippen molar-refractivity contribution in [3.05, 3.63) is 24.3 Å². The fourth-order valence-electron chi connectivity index (χ4n) is 2.31. The summed E-state index contributed by atoms with van der Waals surface area (Å²) < 4.78 is 7.45. The number of para-hydroxylation sites is 2. The van der Waals surface area contributed by atoms with Crippen molar-refractivity contribution in [2.75, 3.05) is 19.5 Å². The molecule has 2 aromatic rings. The Morgan fingerprint density at radius 1 is 1.43 bits per heavy atom. The van der Waals surface area contributed by atoms with Crippen LogP contribution in [0.15, 0.2) is 29.4 Å². The first-order valence-corrected chi connectivity index (χ1v) is 7.83. The first-order chi connectivity index (χ1) is 10.0. The third-order valence-electron chi connectivity index (χ3n) is 3.33. The molecule has 1 aromatic heterocycles. The number of carbonyl (C=O) groups is 1. The number of nitrogens with zero attached hydrogens (tertiary/aromatic N) is 2. The second-order valence-corrected chi connectivity index (χ2v) is 6.14. The van der Waals surface area contributed by atoms with Crippen LogP contribution in [-0.4, -0.2) is 40.1 Å². The van der Waals surface area contributed by atoms with Crippen LogP contribution in [-0.2, 0) is 9.53 Å². The van der Waals surface area contributed by atoms with Crippen molar-refractivity contribution in [1.82, 2.24) is 9.55 Å². The highest BCUT2D eigenvalue weighted by Crippen LogP contribution is 2.31. The number of hydrogen-bond acceptors (Lipinski definition) is 4. The lowest BCUT2D eigenvalue weighted by Gasteiger charge is -2.24. The number of methoxy groups -OCH3 is 1. The van der Waals surface area contributed by atoms with E-state index in [1.807, 2.05) is 24.3 Å². The second-order valence-electron chi connectivity index (χ2n) is 5.20. The predicted octanol–water partition coefficient (Wildman–Crippen LogP) is 3.06. The second kappa shape index (κ2) is 6.95. The maximum atomic E-state index is 10.8. The summed E-state index contributed by atoms with van der Waals surface area (Å²) in [6, 6.07) is 7.99. The van der Waals surface area contributed by atoms with E-state index < -0.39 is 5.97 Å². The van der Waals surface area contributed by atoms with E-state index in [1.54, 1.807) is 7.11 Å². The smallest absolute Gasteiger partial charge is 0.313 e. The Morgan fingerprint density at radius 2 is 2.14 bits per heavy atom. The molecule has 0 radical (unpaired) electrons. The molecule has 0 aliphatic carbocycles. The van der Waals surface area contributed by atoms with Crippen molar-refractivity contribution in [3.63, 3.8) is 0 Å². The quantitative estimate of drug-likeness (QED) is 0.796. The molecular weight excluding hydrogens is 288 g/mol. The zero-order chi connectivity index (χ0) is 15.4. The summed E-state index contributed by atoms with van der Waals surface area (Å²) in [5, 5.41) is 9.64. The van der Waals surface area contributed by atoms with Crippen molar-refractivity contribution in [2.24, 2.45) is 5.92 Å². The van der Waals surface area contributed by atoms with Crippen LogP contribution in [0.4, 0.5) is 0 Å². The molecule has 0 aliphatic rings. The average molecular weight is 308 g/mol. The first-order valence-electron chi connectivity index (χ1n) is 6.85. The summed E-state index contributed by atoms with van der Waals surface area (Å²) in [6.07, 6.45) is 0. The number of fused-ring (bicyclic) bond motifs is 1. The maximum Gasteiger partial charge on any atom is 0.313 e. The van der Waals surface area contributed by atoms with Crippen molar-refractivity contribution in [2.45, 2.75) is 25.0 Å². The molecule has 2 rings (SSSR count). The van der Waals surface area contributed by atoms with E-state index in [1.165, 1.54) is 11.8 Å². The standard InChI is InChI=1S/C15H20N2O3S/c1-10(2)13(8-20-3)17-12-7-5-4-6-11(12)16-15(17)21-9-14(18)19/h4-7,10,13H,8-9H2,1-3H3,(H,18,19). The molecule has 1 atom stereocenters. The van der Waals surface area contributed by atoms with Gasteiger partial charge in [0.25, 0.3) is 0 Å². The number of thioether (sulfide) groups is 1. The number of hydrogen-bond donors (Lipinski definition) is 1. The van der Waals surface area contributed by atoms with Gasteiger partial charge in [0.05, 0.1) is 29.4 Å². The number of carboxylic acid groups (broad SMARTS) is 1. The van der Waals surface area contributed by atoms with Gasteiger partial charge < -0.3 is 14.4 Å². The molecule has 1 N–H and O–H groups in total. The van der Waals surface area contributed by atoms with Crippen molar-refractivity contribution < 1.29 is 14.6 Å². The summed E-state index contributed by atoms with van der Waals surface area (Å²) >= 11 is 1.25. The number of aromatic nitrogens is 2. The van der Waals surface area contributed by atoms with Crippen LogP contribution in [0.5, 0.6) is 0 Å². The van der Waals surface area contributed by atoms with E-state index in [2.05, 4.69) is 23.4 Å². The van der Waals surface area contributed by atoms with Gasteiger partial charge in [-0.2, -0.15) is 0 Å². The highest BCUT2D eigenvalue weighted by molar-refractivity contribution is 7.99. The third kappa shape index (κ3) is 3.57. The van der Waals surface area contributed by atoms with Crippen molar-refractivity contribution in [1.29, 1.82) is 0 Å². The number of ether oxygens (including phenoxy) is 1. The lowest BCUT2D eigenvalue weighted by molar-refractivity contribution is -0.133. The van der Waals surface area contributed by atoms with Gasteiger partial charge in [-0.05, 0) is 18.1 Å². The van der Waals surface area contributed by atoms with Gasteiger partial charge in [0, 0.05) is 7.11 Å². The summed E-state index contributed by atoms with van der Waals surface area (Å²) in [4.78, 5) is 15.4. The van der Waals surface area contributed by atoms with Gasteiger partial charge in [-0.1, -0.05) is 37.7 Å². The minimum absolute atomic E-state index is 0.00111. The molecule has 1 aromatic carbocycles. The molecule has 1 heterocycles. The molecule has 114 valence electrons. The van der Waals surface area contributed by atoms with Crippen LogP contribution < -0.4 is 0 Å². The number of benzene rings is 1. The van der Waals surface area contributed by atoms with E-state index in [0.29, 0.717) is 12.5 Å². The van der Waals surface area contributed by atoms with Crippen LogP contribution in [0.3, 0.4) is 0 Å². The molecule has 21 heavy (non-hydrogen) atoms. The van der Waals surface area contributed by atoms with Crippen molar-refractivity contribution in [3.8, 4) is 0 Å². The lowest BCUT2D eigenvalue weighted by Crippen LogP contribution is -2.21. The number of rotatable bonds is 7. The molecular formula is C15H20N2O3S. The summed E-state index contributed by atoms with van der Waals surface area (Å²) in [6.45, 7) is 4.83. The Labute approximate surface area is 128 Å². The summed E-state index contributed by atoms with van der Waals surface area (Å²) in [5.74, 6) is -0.487. The van der Waals surface area contributed by atoms with E-state index in [4.69, 9.17) is 9.84 Å². The molecule has 0 spiro atoms. The van der Waals surface area contributed by atoms with Crippen LogP contribution in [0.2, 0.25) is 0 Å². The minimum atomic E-state index is -0.841. The third-order valence-corrected chi connectivity index (χ3v) is 4.26. The minimum Gasteiger partial charge on any atom is -0.481 e. The van der Waals surface area contributed by atoms with Gasteiger partial charge in [0.15, 0.2) is 5.16 Å². The first kappa shape index (κ1) is 15.9. The molecule has 0 saturated heterocycles. The molecule has 1 unspecified atom stereocenters. The predicted molar refractivity (Wildman–Crippen MR) is 83.8 cm³/mol. The topological polar surface area (TPSA) is 64.3 Å². The monoisotopic (exact) mass is 308 g/mol. The van der Waals surface area contributed by atoms with Crippen molar-refractivity contribution >= 4 is 28.8 Å². The van der Waals surface area contributed by atoms with E-state index in [0.717, 1.165) is 16.2 Å². The molecule has 0 fully saturated rings. The van der Waals surface area contributed by atoms with E-state index >= 15 is 0 Å². The van der Waals surface area contributed by atoms with E-state index in [-0.39, 0.29) is 11.8 Å². The molecule has 6 heteroatoms. The number of imidazole rings is 1. The van der Waals surface area contributed by atoms with Gasteiger partial charge in [0.1, 0.15) is 0 Å². The van der Waals surface area contributed by atoms with Crippen LogP contribution in [0.1, 0.15) is 19.9 Å². The van der Waals surface area contributed by atoms with Crippen LogP contribution in [0.25, 0.3) is 11.0 Å². The SMILES string of the molecule is COCC(C(C)C)n1c(SCC(=O)O)nc2ccccc21. The number of aliphatic carboxylic acids is 1. The van der Waals surface area contributed by atoms with Gasteiger partial charge >= 0.3 is 5.97 Å². The highest BCUT2D eigenvalue weighted by Gasteiger charge is 2.22. The molecule has 0 aliphatic heterocycles. The Morgan fingerprint density at radius 3 is 2.76 bits per heavy atom. The molecule has 0 bridgehead atoms. The maximum absolute atomic E-state index is 10.8. The number of carboxylic acids is 1. The molecule has 5 nitrogen and oxygen atoms in total. The lowest BCUT2D eigenvalue weighted by atomic mass is 10.1. The zero-order valence-corrected chi connectivity index (χ0v) is 13.3. The van der Waals surface area contributed by atoms with Gasteiger partial charge in [-0.25, -0.2) is 4.98 Å². The van der Waals surface area contributed by atoms with Crippen LogP contribution >= 0.6 is 11.8 Å². The Bertz CT molecular complexity index is 624. The highest BCUT2D eigenvalue weighted by atomic mass is 32.2.